The first-order valence-corrected chi connectivity index (χ1v) is 11.3. The third-order valence-corrected chi connectivity index (χ3v) is 6.23. The highest BCUT2D eigenvalue weighted by atomic mass is 35.5. The van der Waals surface area contributed by atoms with Crippen LogP contribution in [-0.2, 0) is 4.79 Å². The van der Waals surface area contributed by atoms with Gasteiger partial charge in [0.25, 0.3) is 5.91 Å². The maximum atomic E-state index is 13.5. The van der Waals surface area contributed by atoms with E-state index in [4.69, 9.17) is 32.4 Å². The van der Waals surface area contributed by atoms with Gasteiger partial charge in [-0.15, -0.1) is 0 Å². The SMILES string of the molecule is COc1cccc(N2C(=O)/C(=C/c3ccc(-c4ccc(Cl)c(Cl)c4)o3)C=C2c2ccccc2)c1. The van der Waals surface area contributed by atoms with Crippen LogP contribution in [0.15, 0.2) is 101 Å². The van der Waals surface area contributed by atoms with Gasteiger partial charge >= 0.3 is 0 Å². The summed E-state index contributed by atoms with van der Waals surface area (Å²) in [4.78, 5) is 15.2. The second kappa shape index (κ2) is 9.26. The molecule has 1 aliphatic heterocycles. The Hall–Kier alpha value is -3.73. The number of amides is 1. The summed E-state index contributed by atoms with van der Waals surface area (Å²) in [5.41, 5.74) is 3.74. The lowest BCUT2D eigenvalue weighted by Crippen LogP contribution is -2.24. The van der Waals surface area contributed by atoms with E-state index in [1.807, 2.05) is 78.9 Å². The molecule has 1 aliphatic rings. The van der Waals surface area contributed by atoms with Gasteiger partial charge in [-0.25, -0.2) is 0 Å². The molecule has 1 amide bonds. The predicted molar refractivity (Wildman–Crippen MR) is 137 cm³/mol. The van der Waals surface area contributed by atoms with Crippen LogP contribution in [0.3, 0.4) is 0 Å². The van der Waals surface area contributed by atoms with Gasteiger partial charge in [0.05, 0.1) is 28.5 Å². The normalized spacial score (nSPS) is 14.6. The number of carbonyl (C=O) groups is 1. The molecule has 0 fully saturated rings. The monoisotopic (exact) mass is 487 g/mol. The summed E-state index contributed by atoms with van der Waals surface area (Å²) in [6.45, 7) is 0. The van der Waals surface area contributed by atoms with Crippen molar-refractivity contribution in [3.8, 4) is 17.1 Å². The maximum Gasteiger partial charge on any atom is 0.263 e. The van der Waals surface area contributed by atoms with Crippen LogP contribution in [0.4, 0.5) is 5.69 Å². The lowest BCUT2D eigenvalue weighted by atomic mass is 10.1. The largest absolute Gasteiger partial charge is 0.497 e. The maximum absolute atomic E-state index is 13.5. The molecule has 3 aromatic carbocycles. The molecule has 6 heteroatoms. The zero-order valence-electron chi connectivity index (χ0n) is 18.2. The lowest BCUT2D eigenvalue weighted by Gasteiger charge is -2.21. The van der Waals surface area contributed by atoms with Crippen LogP contribution in [0.2, 0.25) is 10.0 Å². The van der Waals surface area contributed by atoms with Crippen LogP contribution in [0.25, 0.3) is 23.1 Å². The van der Waals surface area contributed by atoms with Gasteiger partial charge in [-0.2, -0.15) is 0 Å². The second-order valence-corrected chi connectivity index (χ2v) is 8.48. The second-order valence-electron chi connectivity index (χ2n) is 7.67. The topological polar surface area (TPSA) is 42.7 Å². The summed E-state index contributed by atoms with van der Waals surface area (Å²) in [6.07, 6.45) is 3.62. The number of ether oxygens (including phenoxy) is 1. The highest BCUT2D eigenvalue weighted by molar-refractivity contribution is 6.42. The molecule has 0 aliphatic carbocycles. The molecule has 1 aromatic heterocycles. The summed E-state index contributed by atoms with van der Waals surface area (Å²) >= 11 is 12.2. The van der Waals surface area contributed by atoms with E-state index in [1.54, 1.807) is 30.2 Å². The van der Waals surface area contributed by atoms with Gasteiger partial charge < -0.3 is 9.15 Å². The Kier molecular flexibility index (Phi) is 6.01. The van der Waals surface area contributed by atoms with Crippen molar-refractivity contribution in [3.05, 3.63) is 118 Å². The number of nitrogens with zero attached hydrogens (tertiary/aromatic N) is 1. The lowest BCUT2D eigenvalue weighted by molar-refractivity contribution is -0.113. The first-order chi connectivity index (χ1) is 16.5. The summed E-state index contributed by atoms with van der Waals surface area (Å²) < 4.78 is 11.4. The van der Waals surface area contributed by atoms with Crippen molar-refractivity contribution in [2.24, 2.45) is 0 Å². The number of carbonyl (C=O) groups excluding carboxylic acids is 1. The first kappa shape index (κ1) is 22.1. The van der Waals surface area contributed by atoms with Crippen LogP contribution in [0.5, 0.6) is 5.75 Å². The van der Waals surface area contributed by atoms with Crippen LogP contribution < -0.4 is 9.64 Å². The molecule has 0 saturated carbocycles. The van der Waals surface area contributed by atoms with E-state index in [2.05, 4.69) is 0 Å². The molecule has 0 saturated heterocycles. The molecule has 4 nitrogen and oxygen atoms in total. The van der Waals surface area contributed by atoms with Gasteiger partial charge in [-0.3, -0.25) is 9.69 Å². The Morgan fingerprint density at radius 3 is 2.44 bits per heavy atom. The number of hydrogen-bond acceptors (Lipinski definition) is 3. The Morgan fingerprint density at radius 1 is 0.853 bits per heavy atom. The number of anilines is 1. The zero-order valence-corrected chi connectivity index (χ0v) is 19.7. The van der Waals surface area contributed by atoms with Gasteiger partial charge in [0.2, 0.25) is 0 Å². The minimum Gasteiger partial charge on any atom is -0.497 e. The van der Waals surface area contributed by atoms with Crippen molar-refractivity contribution in [1.29, 1.82) is 0 Å². The molecule has 34 heavy (non-hydrogen) atoms. The van der Waals surface area contributed by atoms with Crippen LogP contribution in [-0.4, -0.2) is 13.0 Å². The van der Waals surface area contributed by atoms with Gasteiger partial charge in [-0.1, -0.05) is 59.6 Å². The van der Waals surface area contributed by atoms with Crippen molar-refractivity contribution in [1.82, 2.24) is 0 Å². The highest BCUT2D eigenvalue weighted by Crippen LogP contribution is 2.37. The molecular weight excluding hydrogens is 469 g/mol. The molecule has 0 spiro atoms. The number of rotatable bonds is 5. The third-order valence-electron chi connectivity index (χ3n) is 5.49. The molecule has 2 heterocycles. The van der Waals surface area contributed by atoms with Crippen LogP contribution >= 0.6 is 23.2 Å². The molecule has 0 atom stereocenters. The summed E-state index contributed by atoms with van der Waals surface area (Å²) in [6, 6.07) is 26.2. The minimum atomic E-state index is -0.153. The van der Waals surface area contributed by atoms with E-state index in [0.29, 0.717) is 32.9 Å². The van der Waals surface area contributed by atoms with Crippen LogP contribution in [0, 0.1) is 0 Å². The van der Waals surface area contributed by atoms with Gasteiger partial charge in [-0.05, 0) is 60.2 Å². The minimum absolute atomic E-state index is 0.153. The van der Waals surface area contributed by atoms with E-state index >= 15 is 0 Å². The summed E-state index contributed by atoms with van der Waals surface area (Å²) in [7, 11) is 1.60. The number of benzene rings is 3. The fourth-order valence-corrected chi connectivity index (χ4v) is 4.13. The molecule has 168 valence electrons. The molecule has 5 rings (SSSR count). The first-order valence-electron chi connectivity index (χ1n) is 10.6. The molecule has 0 unspecified atom stereocenters. The smallest absolute Gasteiger partial charge is 0.263 e. The number of furan rings is 1. The van der Waals surface area contributed by atoms with E-state index in [9.17, 15) is 4.79 Å². The van der Waals surface area contributed by atoms with Gasteiger partial charge in [0.15, 0.2) is 0 Å². The van der Waals surface area contributed by atoms with Gasteiger partial charge in [0.1, 0.15) is 17.3 Å². The third kappa shape index (κ3) is 4.26. The Morgan fingerprint density at radius 2 is 1.68 bits per heavy atom. The Bertz CT molecular complexity index is 1440. The van der Waals surface area contributed by atoms with E-state index in [1.165, 1.54) is 0 Å². The Labute approximate surface area is 207 Å². The summed E-state index contributed by atoms with van der Waals surface area (Å²) in [5, 5.41) is 0.929. The standard InChI is InChI=1S/C28H19Cl2NO3/c1-33-22-9-5-8-21(17-22)31-26(18-6-3-2-4-7-18)16-20(28(31)32)14-23-11-13-27(34-23)19-10-12-24(29)25(30)15-19/h2-17H,1H3/b20-14+. The van der Waals surface area contributed by atoms with E-state index < -0.39 is 0 Å². The van der Waals surface area contributed by atoms with E-state index in [-0.39, 0.29) is 5.91 Å². The molecular formula is C28H19Cl2NO3. The number of methoxy groups -OCH3 is 1. The fraction of sp³-hybridized carbons (Fsp3) is 0.0357. The highest BCUT2D eigenvalue weighted by Gasteiger charge is 2.31. The zero-order chi connectivity index (χ0) is 23.7. The number of hydrogen-bond donors (Lipinski definition) is 0. The van der Waals surface area contributed by atoms with Crippen molar-refractivity contribution in [2.75, 3.05) is 12.0 Å². The number of halogens is 2. The molecule has 4 aromatic rings. The molecule has 0 radical (unpaired) electrons. The van der Waals surface area contributed by atoms with Crippen molar-refractivity contribution >= 4 is 46.6 Å². The van der Waals surface area contributed by atoms with Crippen molar-refractivity contribution in [3.63, 3.8) is 0 Å². The van der Waals surface area contributed by atoms with Crippen molar-refractivity contribution in [2.45, 2.75) is 0 Å². The quantitative estimate of drug-likeness (QED) is 0.270. The van der Waals surface area contributed by atoms with Crippen LogP contribution in [0.1, 0.15) is 11.3 Å². The molecule has 0 N–H and O–H groups in total. The van der Waals surface area contributed by atoms with Gasteiger partial charge in [0, 0.05) is 17.2 Å². The average Bonchev–Trinajstić information content (AvgIpc) is 3.46. The Balaban J connectivity index is 1.54. The fourth-order valence-electron chi connectivity index (χ4n) is 3.83. The molecule has 0 bridgehead atoms. The summed E-state index contributed by atoms with van der Waals surface area (Å²) in [5.74, 6) is 1.71. The van der Waals surface area contributed by atoms with Crippen molar-refractivity contribution < 1.29 is 13.9 Å². The predicted octanol–water partition coefficient (Wildman–Crippen LogP) is 7.73. The van der Waals surface area contributed by atoms with E-state index in [0.717, 1.165) is 22.5 Å². The average molecular weight is 488 g/mol.